The summed E-state index contributed by atoms with van der Waals surface area (Å²) in [6.45, 7) is 1.63. The number of aryl methyl sites for hydroxylation is 1. The van der Waals surface area contributed by atoms with Gasteiger partial charge in [-0.05, 0) is 43.4 Å². The molecule has 3 rings (SSSR count). The number of hydrogen-bond acceptors (Lipinski definition) is 3. The fourth-order valence-corrected chi connectivity index (χ4v) is 4.46. The van der Waals surface area contributed by atoms with Crippen LogP contribution in [0.5, 0.6) is 0 Å². The fourth-order valence-electron chi connectivity index (χ4n) is 3.64. The largest absolute Gasteiger partial charge is 0.396 e. The smallest absolute Gasteiger partial charge is 0.232 e. The van der Waals surface area contributed by atoms with E-state index in [9.17, 15) is 9.90 Å². The summed E-state index contributed by atoms with van der Waals surface area (Å²) in [5, 5.41) is 10.1. The van der Waals surface area contributed by atoms with Crippen LogP contribution in [0.15, 0.2) is 65.6 Å². The molecule has 3 nitrogen and oxygen atoms in total. The van der Waals surface area contributed by atoms with Crippen molar-refractivity contribution >= 4 is 17.7 Å². The Morgan fingerprint density at radius 1 is 1.08 bits per heavy atom. The molecule has 4 heteroatoms. The molecule has 0 aliphatic carbocycles. The van der Waals surface area contributed by atoms with E-state index in [0.29, 0.717) is 12.3 Å². The number of carbonyl (C=O) groups is 1. The third kappa shape index (κ3) is 5.12. The molecular formula is C22H27NO2S. The molecule has 1 aliphatic heterocycles. The number of nitrogens with zero attached hydrogens (tertiary/aromatic N) is 1. The quantitative estimate of drug-likeness (QED) is 0.750. The minimum atomic E-state index is -0.166. The van der Waals surface area contributed by atoms with Gasteiger partial charge in [0, 0.05) is 23.4 Å². The first kappa shape index (κ1) is 19.0. The van der Waals surface area contributed by atoms with Crippen LogP contribution < -0.4 is 0 Å². The molecule has 1 saturated heterocycles. The van der Waals surface area contributed by atoms with Gasteiger partial charge < -0.3 is 10.0 Å². The van der Waals surface area contributed by atoms with E-state index in [1.807, 2.05) is 41.3 Å². The number of piperidine rings is 1. The lowest BCUT2D eigenvalue weighted by Gasteiger charge is -2.42. The monoisotopic (exact) mass is 369 g/mol. The van der Waals surface area contributed by atoms with Crippen molar-refractivity contribution in [1.29, 1.82) is 0 Å². The van der Waals surface area contributed by atoms with Crippen molar-refractivity contribution in [2.24, 2.45) is 5.41 Å². The second-order valence-electron chi connectivity index (χ2n) is 7.16. The molecular weight excluding hydrogens is 342 g/mol. The molecule has 1 aliphatic rings. The van der Waals surface area contributed by atoms with Crippen LogP contribution in [0.3, 0.4) is 0 Å². The Hall–Kier alpha value is -1.78. The summed E-state index contributed by atoms with van der Waals surface area (Å²) >= 11 is 1.59. The topological polar surface area (TPSA) is 40.5 Å². The number of aliphatic hydroxyl groups excluding tert-OH is 1. The molecule has 138 valence electrons. The SMILES string of the molecule is O=C(CSc1ccccc1)N1CCCC(CO)(CCc2ccccc2)C1. The van der Waals surface area contributed by atoms with Crippen LogP contribution in [0.4, 0.5) is 0 Å². The Bertz CT molecular complexity index is 692. The number of hydrogen-bond donors (Lipinski definition) is 1. The maximum atomic E-state index is 12.7. The van der Waals surface area contributed by atoms with Gasteiger partial charge in [-0.2, -0.15) is 0 Å². The summed E-state index contributed by atoms with van der Waals surface area (Å²) in [6, 6.07) is 20.4. The average Bonchev–Trinajstić information content (AvgIpc) is 2.72. The minimum absolute atomic E-state index is 0.148. The maximum Gasteiger partial charge on any atom is 0.232 e. The van der Waals surface area contributed by atoms with Gasteiger partial charge in [-0.25, -0.2) is 0 Å². The molecule has 0 saturated carbocycles. The summed E-state index contributed by atoms with van der Waals surface area (Å²) in [5.74, 6) is 0.639. The van der Waals surface area contributed by atoms with E-state index in [1.165, 1.54) is 5.56 Å². The minimum Gasteiger partial charge on any atom is -0.396 e. The fraction of sp³-hybridized carbons (Fsp3) is 0.409. The summed E-state index contributed by atoms with van der Waals surface area (Å²) in [7, 11) is 0. The van der Waals surface area contributed by atoms with E-state index in [-0.39, 0.29) is 17.9 Å². The highest BCUT2D eigenvalue weighted by Gasteiger charge is 2.36. The summed E-state index contributed by atoms with van der Waals surface area (Å²) < 4.78 is 0. The van der Waals surface area contributed by atoms with Crippen LogP contribution in [0.2, 0.25) is 0 Å². The molecule has 1 heterocycles. The summed E-state index contributed by atoms with van der Waals surface area (Å²) in [4.78, 5) is 15.8. The predicted octanol–water partition coefficient (Wildman–Crippen LogP) is 4.01. The predicted molar refractivity (Wildman–Crippen MR) is 107 cm³/mol. The number of likely N-dealkylation sites (tertiary alicyclic amines) is 1. The van der Waals surface area contributed by atoms with Crippen molar-refractivity contribution in [3.8, 4) is 0 Å². The molecule has 26 heavy (non-hydrogen) atoms. The highest BCUT2D eigenvalue weighted by Crippen LogP contribution is 2.34. The van der Waals surface area contributed by atoms with Gasteiger partial charge in [-0.1, -0.05) is 48.5 Å². The normalized spacial score (nSPS) is 20.1. The van der Waals surface area contributed by atoms with E-state index in [1.54, 1.807) is 11.8 Å². The second kappa shape index (κ2) is 9.24. The molecule has 0 aromatic heterocycles. The zero-order valence-corrected chi connectivity index (χ0v) is 16.0. The van der Waals surface area contributed by atoms with Gasteiger partial charge in [0.1, 0.15) is 0 Å². The van der Waals surface area contributed by atoms with Gasteiger partial charge in [0.25, 0.3) is 0 Å². The molecule has 2 aromatic carbocycles. The Kier molecular flexibility index (Phi) is 6.75. The number of aliphatic hydroxyl groups is 1. The Morgan fingerprint density at radius 3 is 2.46 bits per heavy atom. The highest BCUT2D eigenvalue weighted by molar-refractivity contribution is 8.00. The van der Waals surface area contributed by atoms with Crippen LogP contribution in [0.25, 0.3) is 0 Å². The third-order valence-corrected chi connectivity index (χ3v) is 6.24. The zero-order chi connectivity index (χ0) is 18.2. The van der Waals surface area contributed by atoms with Crippen LogP contribution in [0, 0.1) is 5.41 Å². The van der Waals surface area contributed by atoms with Gasteiger partial charge in [0.2, 0.25) is 5.91 Å². The van der Waals surface area contributed by atoms with E-state index in [4.69, 9.17) is 0 Å². The average molecular weight is 370 g/mol. The van der Waals surface area contributed by atoms with Crippen molar-refractivity contribution in [3.05, 3.63) is 66.2 Å². The van der Waals surface area contributed by atoms with E-state index >= 15 is 0 Å². The van der Waals surface area contributed by atoms with Gasteiger partial charge in [0.05, 0.1) is 12.4 Å². The summed E-state index contributed by atoms with van der Waals surface area (Å²) in [5.41, 5.74) is 1.13. The first-order valence-electron chi connectivity index (χ1n) is 9.31. The molecule has 0 radical (unpaired) electrons. The lowest BCUT2D eigenvalue weighted by molar-refractivity contribution is -0.132. The van der Waals surface area contributed by atoms with Crippen molar-refractivity contribution in [2.45, 2.75) is 30.6 Å². The van der Waals surface area contributed by atoms with Gasteiger partial charge in [-0.3, -0.25) is 4.79 Å². The van der Waals surface area contributed by atoms with Crippen LogP contribution in [-0.4, -0.2) is 41.4 Å². The van der Waals surface area contributed by atoms with Crippen molar-refractivity contribution in [2.75, 3.05) is 25.4 Å². The molecule has 1 N–H and O–H groups in total. The molecule has 1 atom stereocenters. The van der Waals surface area contributed by atoms with E-state index < -0.39 is 0 Å². The molecule has 2 aromatic rings. The molecule has 1 amide bonds. The third-order valence-electron chi connectivity index (χ3n) is 5.24. The van der Waals surface area contributed by atoms with Crippen LogP contribution in [0.1, 0.15) is 24.8 Å². The molecule has 1 fully saturated rings. The van der Waals surface area contributed by atoms with Crippen LogP contribution >= 0.6 is 11.8 Å². The Balaban J connectivity index is 1.56. The molecule has 1 unspecified atom stereocenters. The summed E-state index contributed by atoms with van der Waals surface area (Å²) in [6.07, 6.45) is 3.83. The van der Waals surface area contributed by atoms with E-state index in [2.05, 4.69) is 24.3 Å². The Labute approximate surface area is 160 Å². The first-order valence-corrected chi connectivity index (χ1v) is 10.3. The lowest BCUT2D eigenvalue weighted by Crippen LogP contribution is -2.48. The Morgan fingerprint density at radius 2 is 1.77 bits per heavy atom. The second-order valence-corrected chi connectivity index (χ2v) is 8.21. The molecule has 0 spiro atoms. The van der Waals surface area contributed by atoms with Crippen molar-refractivity contribution in [3.63, 3.8) is 0 Å². The standard InChI is InChI=1S/C22H27NO2S/c24-18-22(14-12-19-8-3-1-4-9-19)13-7-15-23(17-22)21(25)16-26-20-10-5-2-6-11-20/h1-6,8-11,24H,7,12-18H2. The number of rotatable bonds is 7. The first-order chi connectivity index (χ1) is 12.7. The zero-order valence-electron chi connectivity index (χ0n) is 15.1. The number of thioether (sulfide) groups is 1. The van der Waals surface area contributed by atoms with Crippen LogP contribution in [-0.2, 0) is 11.2 Å². The number of amides is 1. The number of carbonyl (C=O) groups excluding carboxylic acids is 1. The maximum absolute atomic E-state index is 12.7. The van der Waals surface area contributed by atoms with Crippen molar-refractivity contribution < 1.29 is 9.90 Å². The van der Waals surface area contributed by atoms with Crippen molar-refractivity contribution in [1.82, 2.24) is 4.90 Å². The van der Waals surface area contributed by atoms with Gasteiger partial charge in [-0.15, -0.1) is 11.8 Å². The van der Waals surface area contributed by atoms with E-state index in [0.717, 1.165) is 37.1 Å². The highest BCUT2D eigenvalue weighted by atomic mass is 32.2. The van der Waals surface area contributed by atoms with Gasteiger partial charge >= 0.3 is 0 Å². The van der Waals surface area contributed by atoms with Gasteiger partial charge in [0.15, 0.2) is 0 Å². The number of benzene rings is 2. The lowest BCUT2D eigenvalue weighted by atomic mass is 9.76. The molecule has 0 bridgehead atoms.